The van der Waals surface area contributed by atoms with Gasteiger partial charge < -0.3 is 9.47 Å². The molecule has 0 amide bonds. The normalized spacial score (nSPS) is 11.3. The minimum atomic E-state index is 0.368. The van der Waals surface area contributed by atoms with Crippen molar-refractivity contribution in [2.75, 3.05) is 19.0 Å². The first-order chi connectivity index (χ1) is 8.69. The average Bonchev–Trinajstić information content (AvgIpc) is 2.45. The summed E-state index contributed by atoms with van der Waals surface area (Å²) in [6.07, 6.45) is 3.44. The summed E-state index contributed by atoms with van der Waals surface area (Å²) in [4.78, 5) is 0. The van der Waals surface area contributed by atoms with E-state index >= 15 is 0 Å². The molecule has 0 spiro atoms. The van der Waals surface area contributed by atoms with Crippen LogP contribution >= 0.6 is 15.9 Å². The Balaban J connectivity index is 2.44. The smallest absolute Gasteiger partial charge is 0.119 e. The summed E-state index contributed by atoms with van der Waals surface area (Å²) in [7, 11) is 1.67. The Labute approximate surface area is 119 Å². The molecule has 18 heavy (non-hydrogen) atoms. The van der Waals surface area contributed by atoms with Crippen LogP contribution in [0.15, 0.2) is 24.3 Å². The molecule has 0 bridgehead atoms. The summed E-state index contributed by atoms with van der Waals surface area (Å²) in [6, 6.07) is 7.75. The Morgan fingerprint density at radius 3 is 2.06 bits per heavy atom. The lowest BCUT2D eigenvalue weighted by atomic mass is 9.82. The molecule has 1 aromatic rings. The van der Waals surface area contributed by atoms with Gasteiger partial charge in [-0.3, -0.25) is 0 Å². The second-order valence-corrected chi connectivity index (χ2v) is 5.18. The summed E-state index contributed by atoms with van der Waals surface area (Å²) in [5.41, 5.74) is 0.368. The highest BCUT2D eigenvalue weighted by atomic mass is 79.9. The Bertz CT molecular complexity index is 323. The van der Waals surface area contributed by atoms with E-state index in [1.54, 1.807) is 7.11 Å². The Hall–Kier alpha value is -0.700. The van der Waals surface area contributed by atoms with Gasteiger partial charge in [0.05, 0.1) is 13.7 Å². The molecule has 0 unspecified atom stereocenters. The number of alkyl halides is 1. The lowest BCUT2D eigenvalue weighted by Crippen LogP contribution is -2.23. The fourth-order valence-corrected chi connectivity index (χ4v) is 2.99. The zero-order valence-electron chi connectivity index (χ0n) is 11.5. The zero-order valence-corrected chi connectivity index (χ0v) is 13.1. The predicted molar refractivity (Wildman–Crippen MR) is 79.9 cm³/mol. The predicted octanol–water partition coefficient (Wildman–Crippen LogP) is 4.67. The molecule has 0 atom stereocenters. The van der Waals surface area contributed by atoms with Gasteiger partial charge in [-0.2, -0.15) is 0 Å². The van der Waals surface area contributed by atoms with Crippen molar-refractivity contribution in [1.82, 2.24) is 0 Å². The van der Waals surface area contributed by atoms with Crippen molar-refractivity contribution in [1.29, 1.82) is 0 Å². The highest BCUT2D eigenvalue weighted by Gasteiger charge is 2.24. The third-order valence-electron chi connectivity index (χ3n) is 3.74. The molecule has 1 rings (SSSR count). The minimum Gasteiger partial charge on any atom is -0.497 e. The molecule has 2 nitrogen and oxygen atoms in total. The molecule has 0 aliphatic carbocycles. The van der Waals surface area contributed by atoms with Crippen molar-refractivity contribution in [3.8, 4) is 11.5 Å². The molecule has 0 fully saturated rings. The largest absolute Gasteiger partial charge is 0.497 e. The van der Waals surface area contributed by atoms with Crippen molar-refractivity contribution in [2.24, 2.45) is 5.41 Å². The first-order valence-corrected chi connectivity index (χ1v) is 7.64. The van der Waals surface area contributed by atoms with Crippen molar-refractivity contribution in [2.45, 2.75) is 33.1 Å². The second-order valence-electron chi connectivity index (χ2n) is 4.61. The fourth-order valence-electron chi connectivity index (χ4n) is 1.92. The molecular formula is C15H23BrO2. The van der Waals surface area contributed by atoms with E-state index in [9.17, 15) is 0 Å². The van der Waals surface area contributed by atoms with E-state index in [-0.39, 0.29) is 0 Å². The zero-order chi connectivity index (χ0) is 13.4. The first kappa shape index (κ1) is 15.4. The number of benzene rings is 1. The van der Waals surface area contributed by atoms with Crippen LogP contribution in [0.2, 0.25) is 0 Å². The summed E-state index contributed by atoms with van der Waals surface area (Å²) in [6.45, 7) is 5.26. The lowest BCUT2D eigenvalue weighted by molar-refractivity contribution is 0.205. The van der Waals surface area contributed by atoms with Crippen LogP contribution < -0.4 is 9.47 Å². The summed E-state index contributed by atoms with van der Waals surface area (Å²) < 4.78 is 10.9. The molecule has 0 aliphatic rings. The van der Waals surface area contributed by atoms with E-state index in [1.807, 2.05) is 24.3 Å². The number of methoxy groups -OCH3 is 1. The van der Waals surface area contributed by atoms with E-state index in [0.29, 0.717) is 5.41 Å². The van der Waals surface area contributed by atoms with Gasteiger partial charge in [-0.1, -0.05) is 29.8 Å². The van der Waals surface area contributed by atoms with Crippen LogP contribution in [0.4, 0.5) is 0 Å². The van der Waals surface area contributed by atoms with Gasteiger partial charge in [0.2, 0.25) is 0 Å². The molecule has 0 heterocycles. The van der Waals surface area contributed by atoms with E-state index in [2.05, 4.69) is 29.8 Å². The number of rotatable bonds is 8. The highest BCUT2D eigenvalue weighted by Crippen LogP contribution is 2.32. The molecule has 0 aromatic heterocycles. The summed E-state index contributed by atoms with van der Waals surface area (Å²) in [5.74, 6) is 1.77. The summed E-state index contributed by atoms with van der Waals surface area (Å²) >= 11 is 3.63. The maximum Gasteiger partial charge on any atom is 0.119 e. The van der Waals surface area contributed by atoms with Crippen molar-refractivity contribution in [3.05, 3.63) is 24.3 Å². The monoisotopic (exact) mass is 314 g/mol. The van der Waals surface area contributed by atoms with Crippen LogP contribution in [-0.4, -0.2) is 19.0 Å². The maximum absolute atomic E-state index is 5.79. The SMILES string of the molecule is CCC(CC)(CBr)CCOc1ccc(OC)cc1. The van der Waals surface area contributed by atoms with E-state index in [1.165, 1.54) is 12.8 Å². The quantitative estimate of drug-likeness (QED) is 0.649. The molecule has 0 saturated carbocycles. The molecule has 0 N–H and O–H groups in total. The van der Waals surface area contributed by atoms with Gasteiger partial charge in [-0.25, -0.2) is 0 Å². The van der Waals surface area contributed by atoms with Gasteiger partial charge in [0, 0.05) is 5.33 Å². The molecular weight excluding hydrogens is 292 g/mol. The van der Waals surface area contributed by atoms with Crippen molar-refractivity contribution < 1.29 is 9.47 Å². The van der Waals surface area contributed by atoms with Crippen molar-refractivity contribution >= 4 is 15.9 Å². The highest BCUT2D eigenvalue weighted by molar-refractivity contribution is 9.09. The Kier molecular flexibility index (Phi) is 6.55. The fraction of sp³-hybridized carbons (Fsp3) is 0.600. The number of ether oxygens (including phenoxy) is 2. The van der Waals surface area contributed by atoms with Gasteiger partial charge in [0.15, 0.2) is 0 Å². The van der Waals surface area contributed by atoms with E-state index < -0.39 is 0 Å². The number of halogens is 1. The molecule has 102 valence electrons. The van der Waals surface area contributed by atoms with Crippen LogP contribution in [0.5, 0.6) is 11.5 Å². The lowest BCUT2D eigenvalue weighted by Gasteiger charge is -2.29. The molecule has 0 aliphatic heterocycles. The number of hydrogen-bond acceptors (Lipinski definition) is 2. The third kappa shape index (κ3) is 4.20. The van der Waals surface area contributed by atoms with Crippen molar-refractivity contribution in [3.63, 3.8) is 0 Å². The van der Waals surface area contributed by atoms with Gasteiger partial charge in [0.1, 0.15) is 11.5 Å². The van der Waals surface area contributed by atoms with Gasteiger partial charge >= 0.3 is 0 Å². The topological polar surface area (TPSA) is 18.5 Å². The molecule has 3 heteroatoms. The van der Waals surface area contributed by atoms with Crippen LogP contribution in [-0.2, 0) is 0 Å². The standard InChI is InChI=1S/C15H23BrO2/c1-4-15(5-2,12-16)10-11-18-14-8-6-13(17-3)7-9-14/h6-9H,4-5,10-12H2,1-3H3. The second kappa shape index (κ2) is 7.67. The third-order valence-corrected chi connectivity index (χ3v) is 4.93. The van der Waals surface area contributed by atoms with Gasteiger partial charge in [0.25, 0.3) is 0 Å². The van der Waals surface area contributed by atoms with Gasteiger partial charge in [-0.05, 0) is 48.9 Å². The number of hydrogen-bond donors (Lipinski definition) is 0. The van der Waals surface area contributed by atoms with Gasteiger partial charge in [-0.15, -0.1) is 0 Å². The molecule has 0 saturated heterocycles. The maximum atomic E-state index is 5.79. The van der Waals surface area contributed by atoms with Crippen LogP contribution in [0.3, 0.4) is 0 Å². The molecule has 1 aromatic carbocycles. The minimum absolute atomic E-state index is 0.368. The average molecular weight is 315 g/mol. The van der Waals surface area contributed by atoms with Crippen LogP contribution in [0, 0.1) is 5.41 Å². The van der Waals surface area contributed by atoms with E-state index in [0.717, 1.165) is 29.9 Å². The Morgan fingerprint density at radius 2 is 1.61 bits per heavy atom. The van der Waals surface area contributed by atoms with E-state index in [4.69, 9.17) is 9.47 Å². The van der Waals surface area contributed by atoms with Crippen LogP contribution in [0.25, 0.3) is 0 Å². The molecule has 0 radical (unpaired) electrons. The van der Waals surface area contributed by atoms with Crippen LogP contribution in [0.1, 0.15) is 33.1 Å². The first-order valence-electron chi connectivity index (χ1n) is 6.52. The summed E-state index contributed by atoms with van der Waals surface area (Å²) in [5, 5.41) is 1.04. The Morgan fingerprint density at radius 1 is 1.06 bits per heavy atom.